The molecule has 0 spiro atoms. The van der Waals surface area contributed by atoms with E-state index in [0.29, 0.717) is 0 Å². The van der Waals surface area contributed by atoms with Crippen LogP contribution in [0.1, 0.15) is 19.4 Å². The van der Waals surface area contributed by atoms with Gasteiger partial charge in [-0.05, 0) is 30.5 Å². The number of benzene rings is 2. The lowest BCUT2D eigenvalue weighted by atomic mass is 10.0. The van der Waals surface area contributed by atoms with E-state index in [9.17, 15) is 0 Å². The highest BCUT2D eigenvalue weighted by atomic mass is 79.9. The summed E-state index contributed by atoms with van der Waals surface area (Å²) >= 11 is 0. The van der Waals surface area contributed by atoms with Crippen LogP contribution in [0.3, 0.4) is 0 Å². The Hall–Kier alpha value is -1.30. The number of fused-ring (bicyclic) bond motifs is 1. The zero-order valence-corrected chi connectivity index (χ0v) is 13.9. The Morgan fingerprint density at radius 2 is 1.65 bits per heavy atom. The highest BCUT2D eigenvalue weighted by molar-refractivity contribution is 5.85. The van der Waals surface area contributed by atoms with Crippen molar-refractivity contribution in [3.05, 3.63) is 48.0 Å². The van der Waals surface area contributed by atoms with E-state index < -0.39 is 0 Å². The van der Waals surface area contributed by atoms with Gasteiger partial charge in [0.15, 0.2) is 0 Å². The average molecular weight is 332 g/mol. The van der Waals surface area contributed by atoms with Crippen molar-refractivity contribution in [2.24, 2.45) is 0 Å². The van der Waals surface area contributed by atoms with E-state index in [4.69, 9.17) is 6.42 Å². The van der Waals surface area contributed by atoms with Gasteiger partial charge in [-0.1, -0.05) is 42.5 Å². The molecule has 0 radical (unpaired) electrons. The van der Waals surface area contributed by atoms with Crippen molar-refractivity contribution < 1.29 is 21.5 Å². The number of nitrogens with zero attached hydrogens (tertiary/aromatic N) is 1. The van der Waals surface area contributed by atoms with Gasteiger partial charge in [-0.3, -0.25) is 0 Å². The van der Waals surface area contributed by atoms with Gasteiger partial charge in [0.1, 0.15) is 13.1 Å². The minimum Gasteiger partial charge on any atom is -1.00 e. The molecule has 20 heavy (non-hydrogen) atoms. The van der Waals surface area contributed by atoms with Gasteiger partial charge >= 0.3 is 0 Å². The van der Waals surface area contributed by atoms with Crippen LogP contribution in [0.15, 0.2) is 42.5 Å². The number of hydrogen-bond acceptors (Lipinski definition) is 0. The Morgan fingerprint density at radius 3 is 2.30 bits per heavy atom. The third-order valence-corrected chi connectivity index (χ3v) is 4.15. The van der Waals surface area contributed by atoms with Crippen LogP contribution in [0.25, 0.3) is 10.8 Å². The molecule has 2 rings (SSSR count). The van der Waals surface area contributed by atoms with Gasteiger partial charge in [-0.15, -0.1) is 6.42 Å². The number of rotatable bonds is 5. The van der Waals surface area contributed by atoms with Crippen LogP contribution in [-0.2, 0) is 6.54 Å². The van der Waals surface area contributed by atoms with Crippen LogP contribution in [0.2, 0.25) is 0 Å². The Balaban J connectivity index is 0.00000200. The average Bonchev–Trinajstić information content (AvgIpc) is 2.47. The predicted molar refractivity (Wildman–Crippen MR) is 82.7 cm³/mol. The normalized spacial score (nSPS) is 10.8. The molecular formula is C18H22BrN. The number of hydrogen-bond donors (Lipinski definition) is 0. The molecule has 2 aromatic carbocycles. The molecule has 2 aromatic rings. The minimum absolute atomic E-state index is 0. The first-order valence-corrected chi connectivity index (χ1v) is 7.00. The van der Waals surface area contributed by atoms with Gasteiger partial charge in [-0.25, -0.2) is 0 Å². The fourth-order valence-corrected chi connectivity index (χ4v) is 2.71. The molecule has 106 valence electrons. The maximum atomic E-state index is 5.57. The Bertz CT molecular complexity index is 588. The van der Waals surface area contributed by atoms with Crippen molar-refractivity contribution >= 4 is 10.8 Å². The molecule has 0 fully saturated rings. The topological polar surface area (TPSA) is 0 Å². The first-order chi connectivity index (χ1) is 9.24. The monoisotopic (exact) mass is 331 g/mol. The third kappa shape index (κ3) is 3.42. The summed E-state index contributed by atoms with van der Waals surface area (Å²) in [4.78, 5) is 0. The molecule has 2 heteroatoms. The van der Waals surface area contributed by atoms with Crippen LogP contribution in [-0.4, -0.2) is 24.1 Å². The van der Waals surface area contributed by atoms with Crippen LogP contribution >= 0.6 is 0 Å². The van der Waals surface area contributed by atoms with Gasteiger partial charge < -0.3 is 21.5 Å². The first-order valence-electron chi connectivity index (χ1n) is 7.00. The number of halogens is 1. The van der Waals surface area contributed by atoms with E-state index in [0.717, 1.165) is 30.7 Å². The summed E-state index contributed by atoms with van der Waals surface area (Å²) in [5.74, 6) is 2.85. The van der Waals surface area contributed by atoms with Crippen molar-refractivity contribution in [2.45, 2.75) is 20.4 Å². The van der Waals surface area contributed by atoms with Crippen molar-refractivity contribution in [1.29, 1.82) is 0 Å². The molecule has 0 aliphatic carbocycles. The molecule has 0 N–H and O–H groups in total. The highest BCUT2D eigenvalue weighted by Crippen LogP contribution is 2.22. The Morgan fingerprint density at radius 1 is 1.00 bits per heavy atom. The number of terminal acetylenes is 1. The van der Waals surface area contributed by atoms with Gasteiger partial charge in [0.25, 0.3) is 0 Å². The third-order valence-electron chi connectivity index (χ3n) is 4.15. The molecule has 1 nitrogen and oxygen atoms in total. The van der Waals surface area contributed by atoms with E-state index in [1.54, 1.807) is 0 Å². The molecule has 0 amide bonds. The van der Waals surface area contributed by atoms with Crippen LogP contribution < -0.4 is 17.0 Å². The van der Waals surface area contributed by atoms with E-state index in [2.05, 4.69) is 62.2 Å². The lowest BCUT2D eigenvalue weighted by molar-refractivity contribution is -0.931. The van der Waals surface area contributed by atoms with Crippen molar-refractivity contribution in [2.75, 3.05) is 19.6 Å². The van der Waals surface area contributed by atoms with Crippen molar-refractivity contribution in [1.82, 2.24) is 0 Å². The molecule has 0 atom stereocenters. The van der Waals surface area contributed by atoms with Crippen molar-refractivity contribution in [3.8, 4) is 12.3 Å². The van der Waals surface area contributed by atoms with Crippen LogP contribution in [0.5, 0.6) is 0 Å². The zero-order chi connectivity index (χ0) is 13.7. The van der Waals surface area contributed by atoms with Crippen LogP contribution in [0, 0.1) is 12.3 Å². The molecule has 0 unspecified atom stereocenters. The molecule has 0 saturated carbocycles. The fraction of sp³-hybridized carbons (Fsp3) is 0.333. The smallest absolute Gasteiger partial charge is 0.140 e. The van der Waals surface area contributed by atoms with Crippen molar-refractivity contribution in [3.63, 3.8) is 0 Å². The van der Waals surface area contributed by atoms with Gasteiger partial charge in [-0.2, -0.15) is 0 Å². The second-order valence-electron chi connectivity index (χ2n) is 5.13. The molecule has 0 aliphatic rings. The zero-order valence-electron chi connectivity index (χ0n) is 12.3. The van der Waals surface area contributed by atoms with Crippen LogP contribution in [0.4, 0.5) is 0 Å². The summed E-state index contributed by atoms with van der Waals surface area (Å²) in [6.07, 6.45) is 5.57. The molecule has 0 aromatic heterocycles. The number of quaternary nitrogens is 1. The summed E-state index contributed by atoms with van der Waals surface area (Å²) in [5.41, 5.74) is 1.40. The lowest BCUT2D eigenvalue weighted by Crippen LogP contribution is -3.00. The maximum Gasteiger partial charge on any atom is 0.140 e. The SMILES string of the molecule is C#CC[N+](CC)(CC)Cc1cccc2ccccc12.[Br-]. The summed E-state index contributed by atoms with van der Waals surface area (Å²) in [6, 6.07) is 15.1. The quantitative estimate of drug-likeness (QED) is 0.562. The summed E-state index contributed by atoms with van der Waals surface area (Å²) in [6.45, 7) is 8.42. The Kier molecular flexibility index (Phi) is 6.26. The molecule has 0 aliphatic heterocycles. The van der Waals surface area contributed by atoms with Gasteiger partial charge in [0, 0.05) is 5.56 Å². The second kappa shape index (κ2) is 7.47. The second-order valence-corrected chi connectivity index (χ2v) is 5.13. The lowest BCUT2D eigenvalue weighted by Gasteiger charge is -2.35. The summed E-state index contributed by atoms with van der Waals surface area (Å²) < 4.78 is 0.963. The Labute approximate surface area is 133 Å². The molecular weight excluding hydrogens is 310 g/mol. The fourth-order valence-electron chi connectivity index (χ4n) is 2.71. The largest absolute Gasteiger partial charge is 1.00 e. The molecule has 0 saturated heterocycles. The van der Waals surface area contributed by atoms with E-state index in [-0.39, 0.29) is 17.0 Å². The molecule has 0 heterocycles. The predicted octanol–water partition coefficient (Wildman–Crippen LogP) is 0.834. The van der Waals surface area contributed by atoms with E-state index >= 15 is 0 Å². The highest BCUT2D eigenvalue weighted by Gasteiger charge is 2.23. The summed E-state index contributed by atoms with van der Waals surface area (Å²) in [7, 11) is 0. The van der Waals surface area contributed by atoms with E-state index in [1.807, 2.05) is 0 Å². The molecule has 0 bridgehead atoms. The first kappa shape index (κ1) is 16.8. The van der Waals surface area contributed by atoms with Gasteiger partial charge in [0.2, 0.25) is 0 Å². The minimum atomic E-state index is 0. The summed E-state index contributed by atoms with van der Waals surface area (Å²) in [5, 5.41) is 2.66. The maximum absolute atomic E-state index is 5.57. The van der Waals surface area contributed by atoms with E-state index in [1.165, 1.54) is 16.3 Å². The van der Waals surface area contributed by atoms with Gasteiger partial charge in [0.05, 0.1) is 13.1 Å². The standard InChI is InChI=1S/C18H22N.BrH/c1-4-14-19(5-2,6-3)15-17-12-9-11-16-10-7-8-13-18(16)17;/h1,7-13H,5-6,14-15H2,2-3H3;1H/q+1;/p-1.